The van der Waals surface area contributed by atoms with Gasteiger partial charge < -0.3 is 10.2 Å². The van der Waals surface area contributed by atoms with Crippen LogP contribution in [-0.2, 0) is 6.42 Å². The molecule has 9 heteroatoms. The molecule has 0 saturated carbocycles. The van der Waals surface area contributed by atoms with E-state index in [1.807, 2.05) is 29.2 Å². The number of rotatable bonds is 4. The fourth-order valence-corrected chi connectivity index (χ4v) is 3.47. The number of para-hydroxylation sites is 1. The molecule has 142 valence electrons. The summed E-state index contributed by atoms with van der Waals surface area (Å²) in [5.41, 5.74) is 2.14. The Hall–Kier alpha value is -3.26. The molecule has 0 radical (unpaired) electrons. The molecule has 0 bridgehead atoms. The van der Waals surface area contributed by atoms with Gasteiger partial charge in [0.1, 0.15) is 12.1 Å². The van der Waals surface area contributed by atoms with E-state index < -0.39 is 10.7 Å². The lowest BCUT2D eigenvalue weighted by Crippen LogP contribution is -2.26. The second-order valence-electron chi connectivity index (χ2n) is 6.29. The monoisotopic (exact) mass is 399 g/mol. The van der Waals surface area contributed by atoms with E-state index in [2.05, 4.69) is 15.3 Å². The number of aromatic nitrogens is 2. The molecule has 1 aliphatic rings. The van der Waals surface area contributed by atoms with Crippen molar-refractivity contribution in [3.05, 3.63) is 75.3 Å². The minimum atomic E-state index is -0.574. The lowest BCUT2D eigenvalue weighted by atomic mass is 10.0. The van der Waals surface area contributed by atoms with Crippen LogP contribution in [0.2, 0.25) is 5.02 Å². The molecule has 0 atom stereocenters. The molecular formula is C19H15ClFN5O2. The number of benzene rings is 2. The topological polar surface area (TPSA) is 84.2 Å². The lowest BCUT2D eigenvalue weighted by molar-refractivity contribution is -0.383. The predicted octanol–water partition coefficient (Wildman–Crippen LogP) is 5.01. The second-order valence-corrected chi connectivity index (χ2v) is 6.70. The summed E-state index contributed by atoms with van der Waals surface area (Å²) in [5, 5.41) is 14.6. The molecule has 4 rings (SSSR count). The number of hydrogen-bond acceptors (Lipinski definition) is 6. The Kier molecular flexibility index (Phi) is 4.79. The molecule has 1 aromatic heterocycles. The summed E-state index contributed by atoms with van der Waals surface area (Å²) >= 11 is 5.80. The van der Waals surface area contributed by atoms with Gasteiger partial charge in [-0.15, -0.1) is 0 Å². The predicted molar refractivity (Wildman–Crippen MR) is 105 cm³/mol. The van der Waals surface area contributed by atoms with E-state index in [9.17, 15) is 14.5 Å². The van der Waals surface area contributed by atoms with E-state index in [1.54, 1.807) is 0 Å². The third-order valence-corrected chi connectivity index (χ3v) is 4.82. The van der Waals surface area contributed by atoms with Crippen molar-refractivity contribution in [2.75, 3.05) is 16.8 Å². The van der Waals surface area contributed by atoms with Crippen LogP contribution in [0.25, 0.3) is 0 Å². The standard InChI is InChI=1S/C19H15ClFN5O2/c20-14-10-13(7-8-15(14)21)24-18-17(26(27)28)19(23-11-22-18)25-9-3-5-12-4-1-2-6-16(12)25/h1-2,4,6-8,10-11H,3,5,9H2,(H,22,23,24). The maximum atomic E-state index is 13.4. The number of nitrogens with zero attached hydrogens (tertiary/aromatic N) is 4. The molecule has 2 heterocycles. The summed E-state index contributed by atoms with van der Waals surface area (Å²) in [4.78, 5) is 21.4. The largest absolute Gasteiger partial charge is 0.354 e. The Bertz CT molecular complexity index is 1060. The Balaban J connectivity index is 1.79. The van der Waals surface area contributed by atoms with Crippen molar-refractivity contribution in [1.29, 1.82) is 0 Å². The van der Waals surface area contributed by atoms with Gasteiger partial charge in [0.05, 0.1) is 9.95 Å². The number of hydrogen-bond donors (Lipinski definition) is 1. The number of nitro groups is 1. The van der Waals surface area contributed by atoms with Crippen molar-refractivity contribution in [2.45, 2.75) is 12.8 Å². The van der Waals surface area contributed by atoms with Crippen molar-refractivity contribution in [3.63, 3.8) is 0 Å². The molecule has 0 aliphatic carbocycles. The van der Waals surface area contributed by atoms with Crippen LogP contribution < -0.4 is 10.2 Å². The first-order valence-electron chi connectivity index (χ1n) is 8.61. The number of nitrogens with one attached hydrogen (secondary N) is 1. The molecule has 7 nitrogen and oxygen atoms in total. The van der Waals surface area contributed by atoms with Gasteiger partial charge in [0.25, 0.3) is 0 Å². The first-order chi connectivity index (χ1) is 13.5. The highest BCUT2D eigenvalue weighted by atomic mass is 35.5. The summed E-state index contributed by atoms with van der Waals surface area (Å²) in [5.74, 6) is -0.349. The molecular weight excluding hydrogens is 385 g/mol. The van der Waals surface area contributed by atoms with E-state index in [-0.39, 0.29) is 22.3 Å². The summed E-state index contributed by atoms with van der Waals surface area (Å²) in [6.45, 7) is 0.608. The highest BCUT2D eigenvalue weighted by Crippen LogP contribution is 2.40. The third kappa shape index (κ3) is 3.34. The van der Waals surface area contributed by atoms with Crippen molar-refractivity contribution in [3.8, 4) is 0 Å². The SMILES string of the molecule is O=[N+]([O-])c1c(Nc2ccc(F)c(Cl)c2)ncnc1N1CCCc2ccccc21. The zero-order valence-electron chi connectivity index (χ0n) is 14.6. The highest BCUT2D eigenvalue weighted by molar-refractivity contribution is 6.31. The molecule has 0 fully saturated rings. The van der Waals surface area contributed by atoms with Crippen LogP contribution in [-0.4, -0.2) is 21.4 Å². The number of fused-ring (bicyclic) bond motifs is 1. The van der Waals surface area contributed by atoms with Crippen LogP contribution in [0, 0.1) is 15.9 Å². The zero-order chi connectivity index (χ0) is 19.7. The summed E-state index contributed by atoms with van der Waals surface area (Å²) in [7, 11) is 0. The van der Waals surface area contributed by atoms with Gasteiger partial charge in [0, 0.05) is 17.9 Å². The maximum Gasteiger partial charge on any atom is 0.354 e. The lowest BCUT2D eigenvalue weighted by Gasteiger charge is -2.30. The average Bonchev–Trinajstić information content (AvgIpc) is 2.70. The Morgan fingerprint density at radius 1 is 1.21 bits per heavy atom. The van der Waals surface area contributed by atoms with Crippen molar-refractivity contribution < 1.29 is 9.31 Å². The minimum Gasteiger partial charge on any atom is -0.334 e. The van der Waals surface area contributed by atoms with Crippen LogP contribution in [0.3, 0.4) is 0 Å². The smallest absolute Gasteiger partial charge is 0.334 e. The average molecular weight is 400 g/mol. The molecule has 0 amide bonds. The van der Waals surface area contributed by atoms with Crippen LogP contribution in [0.5, 0.6) is 0 Å². The first kappa shape index (κ1) is 18.1. The van der Waals surface area contributed by atoms with E-state index in [0.717, 1.165) is 24.1 Å². The van der Waals surface area contributed by atoms with Crippen LogP contribution >= 0.6 is 11.6 Å². The summed E-state index contributed by atoms with van der Waals surface area (Å²) < 4.78 is 13.4. The number of aryl methyl sites for hydroxylation is 1. The van der Waals surface area contributed by atoms with Crippen molar-refractivity contribution >= 4 is 40.3 Å². The van der Waals surface area contributed by atoms with Gasteiger partial charge in [-0.3, -0.25) is 10.1 Å². The van der Waals surface area contributed by atoms with Gasteiger partial charge >= 0.3 is 5.69 Å². The number of anilines is 4. The quantitative estimate of drug-likeness (QED) is 0.490. The molecule has 0 unspecified atom stereocenters. The van der Waals surface area contributed by atoms with Gasteiger partial charge in [0.15, 0.2) is 0 Å². The fourth-order valence-electron chi connectivity index (χ4n) is 3.29. The van der Waals surface area contributed by atoms with Crippen LogP contribution in [0.1, 0.15) is 12.0 Å². The van der Waals surface area contributed by atoms with Crippen molar-refractivity contribution in [1.82, 2.24) is 9.97 Å². The van der Waals surface area contributed by atoms with E-state index >= 15 is 0 Å². The molecule has 0 spiro atoms. The Morgan fingerprint density at radius 3 is 2.82 bits per heavy atom. The fraction of sp³-hybridized carbons (Fsp3) is 0.158. The number of halogens is 2. The van der Waals surface area contributed by atoms with Crippen molar-refractivity contribution in [2.24, 2.45) is 0 Å². The summed E-state index contributed by atoms with van der Waals surface area (Å²) in [6.07, 6.45) is 3.03. The zero-order valence-corrected chi connectivity index (χ0v) is 15.4. The van der Waals surface area contributed by atoms with Crippen LogP contribution in [0.4, 0.5) is 33.1 Å². The van der Waals surface area contributed by atoms with Gasteiger partial charge in [-0.1, -0.05) is 29.8 Å². The van der Waals surface area contributed by atoms with Gasteiger partial charge in [-0.05, 0) is 42.7 Å². The molecule has 1 aliphatic heterocycles. The molecule has 3 aromatic rings. The molecule has 1 N–H and O–H groups in total. The summed E-state index contributed by atoms with van der Waals surface area (Å²) in [6, 6.07) is 11.7. The van der Waals surface area contributed by atoms with E-state index in [0.29, 0.717) is 12.2 Å². The normalized spacial score (nSPS) is 13.1. The van der Waals surface area contributed by atoms with Gasteiger partial charge in [0.2, 0.25) is 11.6 Å². The van der Waals surface area contributed by atoms with E-state index in [1.165, 1.54) is 24.5 Å². The second kappa shape index (κ2) is 7.40. The van der Waals surface area contributed by atoms with E-state index in [4.69, 9.17) is 11.6 Å². The van der Waals surface area contributed by atoms with Gasteiger partial charge in [-0.25, -0.2) is 14.4 Å². The maximum absolute atomic E-state index is 13.4. The Labute approximate surface area is 165 Å². The molecule has 2 aromatic carbocycles. The minimum absolute atomic E-state index is 0.0146. The molecule has 28 heavy (non-hydrogen) atoms. The van der Waals surface area contributed by atoms with Crippen LogP contribution in [0.15, 0.2) is 48.8 Å². The third-order valence-electron chi connectivity index (χ3n) is 4.53. The van der Waals surface area contributed by atoms with Gasteiger partial charge in [-0.2, -0.15) is 0 Å². The Morgan fingerprint density at radius 2 is 2.04 bits per heavy atom. The highest BCUT2D eigenvalue weighted by Gasteiger charge is 2.30. The first-order valence-corrected chi connectivity index (χ1v) is 8.99. The molecule has 0 saturated heterocycles.